The van der Waals surface area contributed by atoms with E-state index >= 15 is 0 Å². The Morgan fingerprint density at radius 3 is 2.76 bits per heavy atom. The lowest BCUT2D eigenvalue weighted by Gasteiger charge is -2.21. The standard InChI is InChI=1S/C13H12F3NO4/c14-13(15,16)8-2-1-3-9(6-8)17-10(4-5-11(18)19)7-21-12(17)20/h1-3,6,10H,4-5,7H2,(H,18,19). The van der Waals surface area contributed by atoms with E-state index in [1.54, 1.807) is 0 Å². The average Bonchev–Trinajstić information content (AvgIpc) is 2.76. The molecule has 1 aromatic rings. The van der Waals surface area contributed by atoms with E-state index in [1.807, 2.05) is 0 Å². The van der Waals surface area contributed by atoms with E-state index in [2.05, 4.69) is 0 Å². The van der Waals surface area contributed by atoms with Crippen molar-refractivity contribution in [3.8, 4) is 0 Å². The van der Waals surface area contributed by atoms with Crippen LogP contribution in [-0.2, 0) is 15.7 Å². The minimum Gasteiger partial charge on any atom is -0.481 e. The predicted octanol–water partition coefficient (Wildman–Crippen LogP) is 2.90. The van der Waals surface area contributed by atoms with Gasteiger partial charge in [-0.15, -0.1) is 0 Å². The molecule has 1 amide bonds. The van der Waals surface area contributed by atoms with Gasteiger partial charge in [0.05, 0.1) is 11.6 Å². The van der Waals surface area contributed by atoms with Crippen molar-refractivity contribution in [3.05, 3.63) is 29.8 Å². The molecule has 0 saturated carbocycles. The molecule has 0 radical (unpaired) electrons. The summed E-state index contributed by atoms with van der Waals surface area (Å²) < 4.78 is 42.9. The fourth-order valence-corrected chi connectivity index (χ4v) is 2.11. The molecule has 1 atom stereocenters. The molecule has 21 heavy (non-hydrogen) atoms. The fourth-order valence-electron chi connectivity index (χ4n) is 2.11. The zero-order valence-corrected chi connectivity index (χ0v) is 10.8. The van der Waals surface area contributed by atoms with Crippen molar-refractivity contribution < 1.29 is 32.6 Å². The number of carboxylic acid groups (broad SMARTS) is 1. The molecule has 5 nitrogen and oxygen atoms in total. The number of benzene rings is 1. The largest absolute Gasteiger partial charge is 0.481 e. The van der Waals surface area contributed by atoms with Gasteiger partial charge < -0.3 is 9.84 Å². The van der Waals surface area contributed by atoms with Crippen molar-refractivity contribution in [2.24, 2.45) is 0 Å². The molecule has 0 aliphatic carbocycles. The summed E-state index contributed by atoms with van der Waals surface area (Å²) in [4.78, 5) is 23.3. The lowest BCUT2D eigenvalue weighted by molar-refractivity contribution is -0.138. The van der Waals surface area contributed by atoms with E-state index in [0.29, 0.717) is 0 Å². The van der Waals surface area contributed by atoms with Crippen molar-refractivity contribution in [1.82, 2.24) is 0 Å². The Morgan fingerprint density at radius 1 is 1.43 bits per heavy atom. The van der Waals surface area contributed by atoms with Crippen molar-refractivity contribution >= 4 is 17.7 Å². The van der Waals surface area contributed by atoms with Gasteiger partial charge >= 0.3 is 18.2 Å². The van der Waals surface area contributed by atoms with Crippen LogP contribution in [0.3, 0.4) is 0 Å². The van der Waals surface area contributed by atoms with Crippen molar-refractivity contribution in [3.63, 3.8) is 0 Å². The Labute approximate surface area is 117 Å². The third-order valence-corrected chi connectivity index (χ3v) is 3.10. The van der Waals surface area contributed by atoms with Crippen LogP contribution in [0, 0.1) is 0 Å². The van der Waals surface area contributed by atoms with Gasteiger partial charge in [0.2, 0.25) is 0 Å². The summed E-state index contributed by atoms with van der Waals surface area (Å²) in [7, 11) is 0. The number of ether oxygens (including phenoxy) is 1. The Morgan fingerprint density at radius 2 is 2.14 bits per heavy atom. The van der Waals surface area contributed by atoms with Crippen LogP contribution in [0.2, 0.25) is 0 Å². The lowest BCUT2D eigenvalue weighted by atomic mass is 10.1. The molecular weight excluding hydrogens is 291 g/mol. The van der Waals surface area contributed by atoms with E-state index in [-0.39, 0.29) is 25.1 Å². The van der Waals surface area contributed by atoms with Gasteiger partial charge in [0, 0.05) is 12.1 Å². The minimum absolute atomic E-state index is 0.0393. The number of carboxylic acids is 1. The zero-order chi connectivity index (χ0) is 15.6. The maximum absolute atomic E-state index is 12.7. The maximum atomic E-state index is 12.7. The number of amides is 1. The molecule has 114 valence electrons. The van der Waals surface area contributed by atoms with Crippen LogP contribution >= 0.6 is 0 Å². The zero-order valence-electron chi connectivity index (χ0n) is 10.8. The summed E-state index contributed by atoms with van der Waals surface area (Å²) in [5.41, 5.74) is -0.834. The van der Waals surface area contributed by atoms with Crippen LogP contribution in [0.5, 0.6) is 0 Å². The number of alkyl halides is 3. The number of nitrogens with zero attached hydrogens (tertiary/aromatic N) is 1. The van der Waals surface area contributed by atoms with Gasteiger partial charge in [-0.05, 0) is 24.6 Å². The summed E-state index contributed by atoms with van der Waals surface area (Å²) in [5, 5.41) is 8.65. The number of carbonyl (C=O) groups is 2. The number of rotatable bonds is 4. The number of carbonyl (C=O) groups excluding carboxylic acids is 1. The molecule has 0 spiro atoms. The van der Waals surface area contributed by atoms with Crippen LogP contribution in [0.4, 0.5) is 23.7 Å². The second-order valence-corrected chi connectivity index (χ2v) is 4.58. The molecule has 1 unspecified atom stereocenters. The van der Waals surface area contributed by atoms with Crippen molar-refractivity contribution in [2.45, 2.75) is 25.1 Å². The molecule has 1 fully saturated rings. The summed E-state index contributed by atoms with van der Waals surface area (Å²) in [6.45, 7) is -0.0393. The lowest BCUT2D eigenvalue weighted by Crippen LogP contribution is -2.34. The second kappa shape index (κ2) is 5.63. The van der Waals surface area contributed by atoms with Crippen LogP contribution in [0.1, 0.15) is 18.4 Å². The van der Waals surface area contributed by atoms with Gasteiger partial charge in [0.25, 0.3) is 0 Å². The fraction of sp³-hybridized carbons (Fsp3) is 0.385. The molecule has 1 aliphatic heterocycles. The van der Waals surface area contributed by atoms with E-state index < -0.39 is 29.8 Å². The summed E-state index contributed by atoms with van der Waals surface area (Å²) in [6, 6.07) is 3.71. The first-order valence-corrected chi connectivity index (χ1v) is 6.14. The molecule has 1 aliphatic rings. The highest BCUT2D eigenvalue weighted by Gasteiger charge is 2.36. The molecule has 8 heteroatoms. The first-order valence-electron chi connectivity index (χ1n) is 6.14. The number of hydrogen-bond donors (Lipinski definition) is 1. The Bertz CT molecular complexity index is 559. The van der Waals surface area contributed by atoms with Gasteiger partial charge in [-0.25, -0.2) is 4.79 Å². The quantitative estimate of drug-likeness (QED) is 0.928. The molecular formula is C13H12F3NO4. The van der Waals surface area contributed by atoms with E-state index in [9.17, 15) is 22.8 Å². The number of hydrogen-bond acceptors (Lipinski definition) is 3. The number of anilines is 1. The summed E-state index contributed by atoms with van der Waals surface area (Å²) in [5.74, 6) is -1.04. The first kappa shape index (κ1) is 15.1. The van der Waals surface area contributed by atoms with Gasteiger partial charge in [-0.2, -0.15) is 13.2 Å². The maximum Gasteiger partial charge on any atom is 0.416 e. The van der Waals surface area contributed by atoms with Gasteiger partial charge in [-0.1, -0.05) is 6.07 Å². The van der Waals surface area contributed by atoms with Crippen LogP contribution < -0.4 is 4.90 Å². The molecule has 2 rings (SSSR count). The Kier molecular flexibility index (Phi) is 4.06. The molecule has 1 heterocycles. The number of halogens is 3. The third kappa shape index (κ3) is 3.45. The topological polar surface area (TPSA) is 66.8 Å². The van der Waals surface area contributed by atoms with E-state index in [1.165, 1.54) is 12.1 Å². The Hall–Kier alpha value is -2.25. The van der Waals surface area contributed by atoms with Crippen LogP contribution in [0.25, 0.3) is 0 Å². The molecule has 0 bridgehead atoms. The second-order valence-electron chi connectivity index (χ2n) is 4.58. The third-order valence-electron chi connectivity index (χ3n) is 3.10. The van der Waals surface area contributed by atoms with Gasteiger partial charge in [0.15, 0.2) is 0 Å². The first-order chi connectivity index (χ1) is 9.79. The highest BCUT2D eigenvalue weighted by atomic mass is 19.4. The smallest absolute Gasteiger partial charge is 0.416 e. The molecule has 1 saturated heterocycles. The summed E-state index contributed by atoms with van der Waals surface area (Å²) >= 11 is 0. The van der Waals surface area contributed by atoms with Gasteiger partial charge in [0.1, 0.15) is 6.61 Å². The van der Waals surface area contributed by atoms with E-state index in [0.717, 1.165) is 17.0 Å². The number of aliphatic carboxylic acids is 1. The van der Waals surface area contributed by atoms with Crippen LogP contribution in [0.15, 0.2) is 24.3 Å². The number of cyclic esters (lactones) is 1. The molecule has 1 N–H and O–H groups in total. The van der Waals surface area contributed by atoms with Crippen molar-refractivity contribution in [2.75, 3.05) is 11.5 Å². The average molecular weight is 303 g/mol. The monoisotopic (exact) mass is 303 g/mol. The van der Waals surface area contributed by atoms with E-state index in [4.69, 9.17) is 9.84 Å². The molecule has 0 aromatic heterocycles. The highest BCUT2D eigenvalue weighted by molar-refractivity contribution is 5.90. The minimum atomic E-state index is -4.52. The Balaban J connectivity index is 2.25. The van der Waals surface area contributed by atoms with Crippen LogP contribution in [-0.4, -0.2) is 29.8 Å². The summed E-state index contributed by atoms with van der Waals surface area (Å²) in [6.07, 6.45) is -5.38. The highest BCUT2D eigenvalue weighted by Crippen LogP contribution is 2.33. The van der Waals surface area contributed by atoms with Gasteiger partial charge in [-0.3, -0.25) is 9.69 Å². The van der Waals surface area contributed by atoms with Crippen molar-refractivity contribution in [1.29, 1.82) is 0 Å². The molecule has 1 aromatic carbocycles. The SMILES string of the molecule is O=C(O)CCC1COC(=O)N1c1cccc(C(F)(F)F)c1. The predicted molar refractivity (Wildman–Crippen MR) is 65.9 cm³/mol. The normalized spacial score (nSPS) is 18.7.